The number of benzene rings is 2. The normalized spacial score (nSPS) is 13.3. The molecule has 1 unspecified atom stereocenters. The average molecular weight is 359 g/mol. The lowest BCUT2D eigenvalue weighted by molar-refractivity contribution is 0.0611. The Morgan fingerprint density at radius 1 is 0.889 bits per heavy atom. The predicted molar refractivity (Wildman–Crippen MR) is 101 cm³/mol. The molecule has 4 aromatic rings. The summed E-state index contributed by atoms with van der Waals surface area (Å²) in [6.07, 6.45) is 8.61. The molecule has 2 aromatic carbocycles. The minimum atomic E-state index is -1.34. The average Bonchev–Trinajstić information content (AvgIpc) is 3.22. The Bertz CT molecular complexity index is 1020. The molecule has 0 fully saturated rings. The third-order valence-electron chi connectivity index (χ3n) is 4.63. The van der Waals surface area contributed by atoms with Crippen molar-refractivity contribution >= 4 is 0 Å². The second-order valence-corrected chi connectivity index (χ2v) is 6.42. The first-order chi connectivity index (χ1) is 13.1. The van der Waals surface area contributed by atoms with E-state index in [9.17, 15) is 9.50 Å². The minimum Gasteiger partial charge on any atom is -0.378 e. The molecule has 134 valence electrons. The highest BCUT2D eigenvalue weighted by Crippen LogP contribution is 2.34. The molecule has 1 atom stereocenters. The molecule has 0 saturated heterocycles. The second-order valence-electron chi connectivity index (χ2n) is 6.42. The van der Waals surface area contributed by atoms with Gasteiger partial charge in [0.2, 0.25) is 0 Å². The van der Waals surface area contributed by atoms with Crippen LogP contribution in [0.15, 0.2) is 91.8 Å². The largest absolute Gasteiger partial charge is 0.378 e. The summed E-state index contributed by atoms with van der Waals surface area (Å²) >= 11 is 0. The van der Waals surface area contributed by atoms with Crippen molar-refractivity contribution < 1.29 is 9.50 Å². The molecule has 4 rings (SSSR count). The Morgan fingerprint density at radius 2 is 1.70 bits per heavy atom. The van der Waals surface area contributed by atoms with Gasteiger partial charge in [0.25, 0.3) is 0 Å². The van der Waals surface area contributed by atoms with E-state index in [1.807, 2.05) is 36.4 Å². The molecule has 2 heterocycles. The van der Waals surface area contributed by atoms with Crippen LogP contribution in [0.3, 0.4) is 0 Å². The molecule has 0 bridgehead atoms. The van der Waals surface area contributed by atoms with Gasteiger partial charge < -0.3 is 9.67 Å². The standard InChI is InChI=1S/C22H18FN3O/c23-21-8-6-19(7-9-21)22(27,15-26-12-11-25-16-26)20-5-1-3-17(13-20)18-4-2-10-24-14-18/h1-14,16,27H,15H2. The van der Waals surface area contributed by atoms with E-state index in [-0.39, 0.29) is 12.4 Å². The molecule has 1 N–H and O–H groups in total. The zero-order chi connectivity index (χ0) is 18.7. The molecular weight excluding hydrogens is 341 g/mol. The second kappa shape index (κ2) is 7.13. The number of hydrogen-bond donors (Lipinski definition) is 1. The number of aromatic nitrogens is 3. The van der Waals surface area contributed by atoms with Gasteiger partial charge >= 0.3 is 0 Å². The number of halogens is 1. The van der Waals surface area contributed by atoms with Gasteiger partial charge in [-0.25, -0.2) is 9.37 Å². The molecule has 0 aliphatic heterocycles. The van der Waals surface area contributed by atoms with Crippen LogP contribution in [0.4, 0.5) is 4.39 Å². The highest BCUT2D eigenvalue weighted by molar-refractivity contribution is 5.63. The summed E-state index contributed by atoms with van der Waals surface area (Å²) in [5.41, 5.74) is 1.90. The number of rotatable bonds is 5. The fourth-order valence-corrected chi connectivity index (χ4v) is 3.21. The van der Waals surface area contributed by atoms with Gasteiger partial charge in [0.05, 0.1) is 12.9 Å². The molecule has 0 radical (unpaired) electrons. The molecule has 5 heteroatoms. The number of nitrogens with zero attached hydrogens (tertiary/aromatic N) is 3. The van der Waals surface area contributed by atoms with Gasteiger partial charge in [0, 0.05) is 24.8 Å². The summed E-state index contributed by atoms with van der Waals surface area (Å²) < 4.78 is 15.2. The maximum atomic E-state index is 13.4. The molecule has 4 nitrogen and oxygen atoms in total. The highest BCUT2D eigenvalue weighted by atomic mass is 19.1. The predicted octanol–water partition coefficient (Wildman–Crippen LogP) is 4.02. The first kappa shape index (κ1) is 17.1. The van der Waals surface area contributed by atoms with Gasteiger partial charge in [-0.1, -0.05) is 36.4 Å². The molecule has 0 aliphatic rings. The van der Waals surface area contributed by atoms with Gasteiger partial charge in [-0.3, -0.25) is 4.98 Å². The third kappa shape index (κ3) is 3.50. The first-order valence-corrected chi connectivity index (χ1v) is 8.60. The van der Waals surface area contributed by atoms with Crippen molar-refractivity contribution in [3.63, 3.8) is 0 Å². The van der Waals surface area contributed by atoms with Crippen LogP contribution in [0.25, 0.3) is 11.1 Å². The Kier molecular flexibility index (Phi) is 4.52. The van der Waals surface area contributed by atoms with Crippen molar-refractivity contribution in [2.45, 2.75) is 12.1 Å². The molecule has 0 aliphatic carbocycles. The van der Waals surface area contributed by atoms with Gasteiger partial charge in [0.1, 0.15) is 11.4 Å². The summed E-state index contributed by atoms with van der Waals surface area (Å²) in [5, 5.41) is 11.7. The van der Waals surface area contributed by atoms with Crippen LogP contribution in [0, 0.1) is 5.82 Å². The maximum absolute atomic E-state index is 13.4. The van der Waals surface area contributed by atoms with E-state index in [2.05, 4.69) is 9.97 Å². The fraction of sp³-hybridized carbons (Fsp3) is 0.0909. The van der Waals surface area contributed by atoms with E-state index in [0.717, 1.165) is 11.1 Å². The van der Waals surface area contributed by atoms with E-state index in [4.69, 9.17) is 0 Å². The van der Waals surface area contributed by atoms with E-state index in [0.29, 0.717) is 11.1 Å². The summed E-state index contributed by atoms with van der Waals surface area (Å²) in [4.78, 5) is 8.22. The van der Waals surface area contributed by atoms with Gasteiger partial charge in [-0.2, -0.15) is 0 Å². The van der Waals surface area contributed by atoms with Crippen molar-refractivity contribution in [1.82, 2.24) is 14.5 Å². The molecule has 0 amide bonds. The lowest BCUT2D eigenvalue weighted by Crippen LogP contribution is -2.32. The molecule has 0 saturated carbocycles. The molecule has 27 heavy (non-hydrogen) atoms. The van der Waals surface area contributed by atoms with Crippen LogP contribution < -0.4 is 0 Å². The van der Waals surface area contributed by atoms with E-state index in [1.54, 1.807) is 47.8 Å². The Balaban J connectivity index is 1.82. The first-order valence-electron chi connectivity index (χ1n) is 8.60. The van der Waals surface area contributed by atoms with Crippen LogP contribution in [0.1, 0.15) is 11.1 Å². The van der Waals surface area contributed by atoms with Gasteiger partial charge in [-0.05, 0) is 46.5 Å². The number of aliphatic hydroxyl groups is 1. The van der Waals surface area contributed by atoms with E-state index < -0.39 is 5.60 Å². The molecular formula is C22H18FN3O. The van der Waals surface area contributed by atoms with Gasteiger partial charge in [0.15, 0.2) is 0 Å². The van der Waals surface area contributed by atoms with Crippen LogP contribution in [-0.2, 0) is 12.1 Å². The van der Waals surface area contributed by atoms with Crippen LogP contribution in [-0.4, -0.2) is 19.6 Å². The number of pyridine rings is 1. The van der Waals surface area contributed by atoms with Crippen molar-refractivity contribution in [1.29, 1.82) is 0 Å². The molecule has 2 aromatic heterocycles. The summed E-state index contributed by atoms with van der Waals surface area (Å²) in [6, 6.07) is 17.5. The lowest BCUT2D eigenvalue weighted by atomic mass is 9.85. The SMILES string of the molecule is OC(Cn1ccnc1)(c1ccc(F)cc1)c1cccc(-c2cccnc2)c1. The fourth-order valence-electron chi connectivity index (χ4n) is 3.21. The Labute approximate surface area is 156 Å². The highest BCUT2D eigenvalue weighted by Gasteiger charge is 2.32. The van der Waals surface area contributed by atoms with Crippen molar-refractivity contribution in [2.75, 3.05) is 0 Å². The molecule has 0 spiro atoms. The minimum absolute atomic E-state index is 0.259. The van der Waals surface area contributed by atoms with E-state index in [1.165, 1.54) is 12.1 Å². The summed E-state index contributed by atoms with van der Waals surface area (Å²) in [7, 11) is 0. The Morgan fingerprint density at radius 3 is 2.41 bits per heavy atom. The Hall–Kier alpha value is -3.31. The van der Waals surface area contributed by atoms with Crippen molar-refractivity contribution in [2.24, 2.45) is 0 Å². The summed E-state index contributed by atoms with van der Waals surface area (Å²) in [6.45, 7) is 0.259. The van der Waals surface area contributed by atoms with Crippen LogP contribution >= 0.6 is 0 Å². The van der Waals surface area contributed by atoms with Crippen molar-refractivity contribution in [3.05, 3.63) is 109 Å². The number of imidazole rings is 1. The van der Waals surface area contributed by atoms with Crippen LogP contribution in [0.2, 0.25) is 0 Å². The smallest absolute Gasteiger partial charge is 0.132 e. The maximum Gasteiger partial charge on any atom is 0.132 e. The zero-order valence-corrected chi connectivity index (χ0v) is 14.5. The zero-order valence-electron chi connectivity index (χ0n) is 14.5. The van der Waals surface area contributed by atoms with Crippen molar-refractivity contribution in [3.8, 4) is 11.1 Å². The van der Waals surface area contributed by atoms with Crippen LogP contribution in [0.5, 0.6) is 0 Å². The summed E-state index contributed by atoms with van der Waals surface area (Å²) in [5.74, 6) is -0.340. The monoisotopic (exact) mass is 359 g/mol. The quantitative estimate of drug-likeness (QED) is 0.585. The van der Waals surface area contributed by atoms with E-state index >= 15 is 0 Å². The lowest BCUT2D eigenvalue weighted by Gasteiger charge is -2.30. The topological polar surface area (TPSA) is 50.9 Å². The third-order valence-corrected chi connectivity index (χ3v) is 4.63. The number of hydrogen-bond acceptors (Lipinski definition) is 3. The van der Waals surface area contributed by atoms with Gasteiger partial charge in [-0.15, -0.1) is 0 Å².